The van der Waals surface area contributed by atoms with Crippen molar-refractivity contribution in [1.29, 1.82) is 0 Å². The van der Waals surface area contributed by atoms with Crippen LogP contribution in [0.1, 0.15) is 11.4 Å². The summed E-state index contributed by atoms with van der Waals surface area (Å²) in [5.74, 6) is 0.819. The number of rotatable bonds is 6. The molecule has 3 rings (SSSR count). The largest absolute Gasteiger partial charge is 0.325 e. The first-order chi connectivity index (χ1) is 12.9. The predicted molar refractivity (Wildman–Crippen MR) is 111 cm³/mol. The summed E-state index contributed by atoms with van der Waals surface area (Å²) in [5, 5.41) is 13.4. The van der Waals surface area contributed by atoms with E-state index < -0.39 is 0 Å². The van der Waals surface area contributed by atoms with Gasteiger partial charge in [0.1, 0.15) is 5.82 Å². The molecule has 2 aromatic carbocycles. The minimum absolute atomic E-state index is 0.180. The third-order valence-corrected chi connectivity index (χ3v) is 5.39. The maximum atomic E-state index is 12.2. The molecule has 3 aromatic rings. The van der Waals surface area contributed by atoms with Crippen LogP contribution < -0.4 is 5.32 Å². The van der Waals surface area contributed by atoms with Crippen molar-refractivity contribution in [2.75, 3.05) is 11.1 Å². The fourth-order valence-corrected chi connectivity index (χ4v) is 3.74. The van der Waals surface area contributed by atoms with E-state index in [-0.39, 0.29) is 11.7 Å². The summed E-state index contributed by atoms with van der Waals surface area (Å²) in [6.07, 6.45) is 0.633. The molecule has 27 heavy (non-hydrogen) atoms. The Hall–Kier alpha value is -1.73. The van der Waals surface area contributed by atoms with Crippen LogP contribution in [0.2, 0.25) is 15.1 Å². The lowest BCUT2D eigenvalue weighted by Crippen LogP contribution is -2.14. The molecule has 0 bridgehead atoms. The fourth-order valence-electron chi connectivity index (χ4n) is 2.36. The molecular weight excluding hydrogens is 427 g/mol. The number of carbonyl (C=O) groups is 1. The van der Waals surface area contributed by atoms with E-state index in [2.05, 4.69) is 15.5 Å². The summed E-state index contributed by atoms with van der Waals surface area (Å²) < 4.78 is 1.88. The van der Waals surface area contributed by atoms with Crippen LogP contribution in [0.5, 0.6) is 0 Å². The van der Waals surface area contributed by atoms with Gasteiger partial charge >= 0.3 is 0 Å². The zero-order valence-electron chi connectivity index (χ0n) is 14.2. The Morgan fingerprint density at radius 2 is 1.70 bits per heavy atom. The number of hydrogen-bond acceptors (Lipinski definition) is 4. The Balaban J connectivity index is 1.58. The SMILES string of the molecule is Cn1c(Cc2ccc(Cl)cc2)nnc1SCC(=O)Nc1cc(Cl)cc(Cl)c1. The second kappa shape index (κ2) is 8.97. The smallest absolute Gasteiger partial charge is 0.234 e. The van der Waals surface area contributed by atoms with Crippen molar-refractivity contribution in [2.45, 2.75) is 11.6 Å². The van der Waals surface area contributed by atoms with Gasteiger partial charge in [0.05, 0.1) is 5.75 Å². The van der Waals surface area contributed by atoms with Gasteiger partial charge in [0, 0.05) is 34.2 Å². The van der Waals surface area contributed by atoms with E-state index in [0.717, 1.165) is 11.4 Å². The van der Waals surface area contributed by atoms with Gasteiger partial charge in [-0.1, -0.05) is 58.7 Å². The van der Waals surface area contributed by atoms with Crippen molar-refractivity contribution >= 4 is 58.2 Å². The predicted octanol–water partition coefficient (Wildman–Crippen LogP) is 5.10. The van der Waals surface area contributed by atoms with E-state index in [4.69, 9.17) is 34.8 Å². The zero-order chi connectivity index (χ0) is 19.4. The lowest BCUT2D eigenvalue weighted by molar-refractivity contribution is -0.113. The maximum Gasteiger partial charge on any atom is 0.234 e. The minimum atomic E-state index is -0.180. The molecule has 0 aliphatic carbocycles. The highest BCUT2D eigenvalue weighted by Crippen LogP contribution is 2.23. The number of amides is 1. The molecule has 0 saturated carbocycles. The molecule has 5 nitrogen and oxygen atoms in total. The minimum Gasteiger partial charge on any atom is -0.325 e. The molecule has 0 aliphatic heterocycles. The second-order valence-electron chi connectivity index (χ2n) is 5.76. The molecule has 0 unspecified atom stereocenters. The van der Waals surface area contributed by atoms with E-state index in [0.29, 0.717) is 32.3 Å². The number of halogens is 3. The van der Waals surface area contributed by atoms with Gasteiger partial charge in [-0.3, -0.25) is 4.79 Å². The van der Waals surface area contributed by atoms with Gasteiger partial charge in [-0.2, -0.15) is 0 Å². The van der Waals surface area contributed by atoms with E-state index in [1.54, 1.807) is 18.2 Å². The van der Waals surface area contributed by atoms with Crippen molar-refractivity contribution in [3.8, 4) is 0 Å². The molecule has 140 valence electrons. The molecule has 9 heteroatoms. The molecule has 0 saturated heterocycles. The van der Waals surface area contributed by atoms with Gasteiger partial charge in [-0.05, 0) is 35.9 Å². The number of carbonyl (C=O) groups excluding carboxylic acids is 1. The third-order valence-electron chi connectivity index (χ3n) is 3.68. The quantitative estimate of drug-likeness (QED) is 0.541. The molecule has 0 spiro atoms. The summed E-state index contributed by atoms with van der Waals surface area (Å²) in [7, 11) is 1.88. The van der Waals surface area contributed by atoms with Crippen molar-refractivity contribution in [1.82, 2.24) is 14.8 Å². The maximum absolute atomic E-state index is 12.2. The van der Waals surface area contributed by atoms with Crippen molar-refractivity contribution < 1.29 is 4.79 Å². The van der Waals surface area contributed by atoms with Crippen LogP contribution in [0.15, 0.2) is 47.6 Å². The summed E-state index contributed by atoms with van der Waals surface area (Å²) in [5.41, 5.74) is 1.64. The molecule has 1 N–H and O–H groups in total. The van der Waals surface area contributed by atoms with Crippen LogP contribution in [-0.2, 0) is 18.3 Å². The van der Waals surface area contributed by atoms with Crippen LogP contribution in [0, 0.1) is 0 Å². The highest BCUT2D eigenvalue weighted by molar-refractivity contribution is 7.99. The van der Waals surface area contributed by atoms with E-state index >= 15 is 0 Å². The van der Waals surface area contributed by atoms with Crippen LogP contribution in [0.25, 0.3) is 0 Å². The van der Waals surface area contributed by atoms with Gasteiger partial charge in [0.15, 0.2) is 5.16 Å². The molecule has 0 fully saturated rings. The Bertz CT molecular complexity index is 939. The number of aromatic nitrogens is 3. The molecule has 0 aliphatic rings. The Labute approximate surface area is 176 Å². The van der Waals surface area contributed by atoms with Crippen LogP contribution in [0.4, 0.5) is 5.69 Å². The molecule has 0 atom stereocenters. The number of nitrogens with one attached hydrogen (secondary N) is 1. The molecule has 0 radical (unpaired) electrons. The van der Waals surface area contributed by atoms with Crippen LogP contribution in [0.3, 0.4) is 0 Å². The number of nitrogens with zero attached hydrogens (tertiary/aromatic N) is 3. The summed E-state index contributed by atoms with van der Waals surface area (Å²) in [6.45, 7) is 0. The first-order valence-corrected chi connectivity index (χ1v) is 10.0. The molecular formula is C18H15Cl3N4OS. The Morgan fingerprint density at radius 1 is 1.04 bits per heavy atom. The van der Waals surface area contributed by atoms with E-state index in [1.165, 1.54) is 11.8 Å². The highest BCUT2D eigenvalue weighted by Gasteiger charge is 2.12. The molecule has 1 aromatic heterocycles. The monoisotopic (exact) mass is 440 g/mol. The number of thioether (sulfide) groups is 1. The topological polar surface area (TPSA) is 59.8 Å². The Kier molecular flexibility index (Phi) is 6.65. The van der Waals surface area contributed by atoms with Crippen LogP contribution >= 0.6 is 46.6 Å². The lowest BCUT2D eigenvalue weighted by atomic mass is 10.1. The van der Waals surface area contributed by atoms with Crippen molar-refractivity contribution in [3.63, 3.8) is 0 Å². The molecule has 1 amide bonds. The first-order valence-electron chi connectivity index (χ1n) is 7.92. The number of hydrogen-bond donors (Lipinski definition) is 1. The normalized spacial score (nSPS) is 10.8. The van der Waals surface area contributed by atoms with Crippen molar-refractivity contribution in [2.24, 2.45) is 7.05 Å². The average Bonchev–Trinajstić information content (AvgIpc) is 2.94. The lowest BCUT2D eigenvalue weighted by Gasteiger charge is -2.07. The van der Waals surface area contributed by atoms with E-state index in [9.17, 15) is 4.79 Å². The number of benzene rings is 2. The van der Waals surface area contributed by atoms with Gasteiger partial charge in [0.2, 0.25) is 5.91 Å². The zero-order valence-corrected chi connectivity index (χ0v) is 17.3. The van der Waals surface area contributed by atoms with Gasteiger partial charge in [0.25, 0.3) is 0 Å². The summed E-state index contributed by atoms with van der Waals surface area (Å²) >= 11 is 19.1. The number of anilines is 1. The van der Waals surface area contributed by atoms with Gasteiger partial charge < -0.3 is 9.88 Å². The van der Waals surface area contributed by atoms with Crippen molar-refractivity contribution in [3.05, 3.63) is 68.9 Å². The highest BCUT2D eigenvalue weighted by atomic mass is 35.5. The fraction of sp³-hybridized carbons (Fsp3) is 0.167. The third kappa shape index (κ3) is 5.62. The average molecular weight is 442 g/mol. The van der Waals surface area contributed by atoms with Crippen LogP contribution in [-0.4, -0.2) is 26.4 Å². The Morgan fingerprint density at radius 3 is 2.37 bits per heavy atom. The first kappa shape index (κ1) is 20.0. The van der Waals surface area contributed by atoms with Gasteiger partial charge in [-0.15, -0.1) is 10.2 Å². The van der Waals surface area contributed by atoms with E-state index in [1.807, 2.05) is 35.9 Å². The second-order valence-corrected chi connectivity index (χ2v) is 8.01. The van der Waals surface area contributed by atoms with Gasteiger partial charge in [-0.25, -0.2) is 0 Å². The standard InChI is InChI=1S/C18H15Cl3N4OS/c1-25-16(6-11-2-4-12(19)5-3-11)23-24-18(25)27-10-17(26)22-15-8-13(20)7-14(21)9-15/h2-5,7-9H,6,10H2,1H3,(H,22,26). The molecule has 1 heterocycles. The summed E-state index contributed by atoms with van der Waals surface area (Å²) in [6, 6.07) is 12.5. The summed E-state index contributed by atoms with van der Waals surface area (Å²) in [4.78, 5) is 12.2.